The van der Waals surface area contributed by atoms with Crippen LogP contribution in [-0.4, -0.2) is 53.3 Å². The minimum Gasteiger partial charge on any atom is -0.352 e. The second-order valence-electron chi connectivity index (χ2n) is 7.45. The number of hydrogen-bond acceptors (Lipinski definition) is 4. The molecule has 7 heteroatoms. The second kappa shape index (κ2) is 7.33. The van der Waals surface area contributed by atoms with E-state index in [2.05, 4.69) is 50.8 Å². The molecule has 0 aromatic carbocycles. The SMILES string of the molecule is CC(C)N1NCC2CC(NC(=O)C3CC(F)CCC3Br)CNC21. The number of carbonyl (C=O) groups excluding carboxylic acids is 1. The predicted octanol–water partition coefficient (Wildman–Crippen LogP) is 1.54. The number of fused-ring (bicyclic) bond motifs is 1. The molecule has 5 nitrogen and oxygen atoms in total. The summed E-state index contributed by atoms with van der Waals surface area (Å²) in [5, 5.41) is 8.98. The molecule has 3 rings (SSSR count). The minimum atomic E-state index is -0.841. The first-order chi connectivity index (χ1) is 11.0. The van der Waals surface area contributed by atoms with E-state index in [0.717, 1.165) is 25.9 Å². The third-order valence-corrected chi connectivity index (χ3v) is 6.48. The molecule has 0 aromatic heterocycles. The third-order valence-electron chi connectivity index (χ3n) is 5.38. The third kappa shape index (κ3) is 3.89. The van der Waals surface area contributed by atoms with E-state index >= 15 is 0 Å². The number of piperidine rings is 1. The topological polar surface area (TPSA) is 56.4 Å². The molecule has 1 amide bonds. The first kappa shape index (κ1) is 17.6. The number of alkyl halides is 2. The van der Waals surface area contributed by atoms with Gasteiger partial charge in [0.25, 0.3) is 0 Å². The minimum absolute atomic E-state index is 0.00569. The van der Waals surface area contributed by atoms with Gasteiger partial charge in [-0.25, -0.2) is 9.40 Å². The van der Waals surface area contributed by atoms with Crippen LogP contribution in [-0.2, 0) is 4.79 Å². The maximum Gasteiger partial charge on any atom is 0.224 e. The van der Waals surface area contributed by atoms with E-state index < -0.39 is 6.17 Å². The molecule has 3 aliphatic rings. The smallest absolute Gasteiger partial charge is 0.224 e. The number of carbonyl (C=O) groups is 1. The maximum atomic E-state index is 13.6. The number of hydrazine groups is 1. The lowest BCUT2D eigenvalue weighted by molar-refractivity contribution is -0.127. The summed E-state index contributed by atoms with van der Waals surface area (Å²) in [6.45, 7) is 6.07. The van der Waals surface area contributed by atoms with Crippen molar-refractivity contribution in [3.8, 4) is 0 Å². The molecule has 2 saturated heterocycles. The first-order valence-electron chi connectivity index (χ1n) is 8.79. The Morgan fingerprint density at radius 2 is 2.09 bits per heavy atom. The zero-order chi connectivity index (χ0) is 16.6. The summed E-state index contributed by atoms with van der Waals surface area (Å²) in [6, 6.07) is 0.582. The largest absolute Gasteiger partial charge is 0.352 e. The highest BCUT2D eigenvalue weighted by Gasteiger charge is 2.41. The van der Waals surface area contributed by atoms with Crippen LogP contribution < -0.4 is 16.1 Å². The van der Waals surface area contributed by atoms with E-state index in [1.807, 2.05) is 0 Å². The monoisotopic (exact) mass is 390 g/mol. The fraction of sp³-hybridized carbons (Fsp3) is 0.938. The fourth-order valence-electron chi connectivity index (χ4n) is 4.12. The number of halogens is 2. The molecule has 2 aliphatic heterocycles. The highest BCUT2D eigenvalue weighted by molar-refractivity contribution is 9.09. The van der Waals surface area contributed by atoms with E-state index in [1.54, 1.807) is 0 Å². The van der Waals surface area contributed by atoms with Crippen molar-refractivity contribution in [3.63, 3.8) is 0 Å². The number of hydrogen-bond donors (Lipinski definition) is 3. The average Bonchev–Trinajstić information content (AvgIpc) is 2.93. The molecule has 1 saturated carbocycles. The van der Waals surface area contributed by atoms with Gasteiger partial charge in [0.1, 0.15) is 6.17 Å². The van der Waals surface area contributed by atoms with Crippen molar-refractivity contribution in [1.29, 1.82) is 0 Å². The number of rotatable bonds is 3. The molecule has 6 atom stereocenters. The van der Waals surface area contributed by atoms with Gasteiger partial charge in [0.2, 0.25) is 5.91 Å². The molecular formula is C16H28BrFN4O. The quantitative estimate of drug-likeness (QED) is 0.639. The Balaban J connectivity index is 1.53. The maximum absolute atomic E-state index is 13.6. The average molecular weight is 391 g/mol. The van der Waals surface area contributed by atoms with Crippen LogP contribution in [0.5, 0.6) is 0 Å². The number of nitrogens with one attached hydrogen (secondary N) is 3. The van der Waals surface area contributed by atoms with Crippen molar-refractivity contribution >= 4 is 21.8 Å². The van der Waals surface area contributed by atoms with Gasteiger partial charge in [-0.15, -0.1) is 0 Å². The van der Waals surface area contributed by atoms with Gasteiger partial charge in [0, 0.05) is 35.9 Å². The molecule has 0 radical (unpaired) electrons. The van der Waals surface area contributed by atoms with Crippen LogP contribution in [0.15, 0.2) is 0 Å². The molecule has 2 heterocycles. The van der Waals surface area contributed by atoms with Crippen molar-refractivity contribution in [3.05, 3.63) is 0 Å². The van der Waals surface area contributed by atoms with Crippen molar-refractivity contribution in [2.75, 3.05) is 13.1 Å². The van der Waals surface area contributed by atoms with Crippen LogP contribution >= 0.6 is 15.9 Å². The summed E-state index contributed by atoms with van der Waals surface area (Å²) in [5.74, 6) is 0.257. The highest BCUT2D eigenvalue weighted by Crippen LogP contribution is 2.32. The molecule has 3 N–H and O–H groups in total. The molecule has 1 aliphatic carbocycles. The van der Waals surface area contributed by atoms with E-state index in [9.17, 15) is 9.18 Å². The Morgan fingerprint density at radius 1 is 1.30 bits per heavy atom. The Labute approximate surface area is 146 Å². The Bertz CT molecular complexity index is 438. The second-order valence-corrected chi connectivity index (χ2v) is 8.63. The zero-order valence-corrected chi connectivity index (χ0v) is 15.5. The van der Waals surface area contributed by atoms with Gasteiger partial charge in [0.15, 0.2) is 0 Å². The summed E-state index contributed by atoms with van der Waals surface area (Å²) in [4.78, 5) is 12.6. The van der Waals surface area contributed by atoms with Crippen LogP contribution in [0.4, 0.5) is 4.39 Å². The lowest BCUT2D eigenvalue weighted by Crippen LogP contribution is -2.59. The first-order valence-corrected chi connectivity index (χ1v) is 9.71. The van der Waals surface area contributed by atoms with Gasteiger partial charge in [0.05, 0.1) is 12.1 Å². The van der Waals surface area contributed by atoms with Crippen LogP contribution in [0.1, 0.15) is 39.5 Å². The Kier molecular flexibility index (Phi) is 5.61. The van der Waals surface area contributed by atoms with Gasteiger partial charge in [-0.05, 0) is 39.5 Å². The molecule has 3 fully saturated rings. The normalized spacial score (nSPS) is 41.8. The highest BCUT2D eigenvalue weighted by atomic mass is 79.9. The molecule has 23 heavy (non-hydrogen) atoms. The predicted molar refractivity (Wildman–Crippen MR) is 91.8 cm³/mol. The van der Waals surface area contributed by atoms with Crippen molar-refractivity contribution < 1.29 is 9.18 Å². The molecule has 0 spiro atoms. The molecular weight excluding hydrogens is 363 g/mol. The van der Waals surface area contributed by atoms with Gasteiger partial charge < -0.3 is 5.32 Å². The summed E-state index contributed by atoms with van der Waals surface area (Å²) >= 11 is 3.56. The molecule has 0 aromatic rings. The van der Waals surface area contributed by atoms with Crippen molar-refractivity contribution in [2.45, 2.75) is 68.8 Å². The zero-order valence-electron chi connectivity index (χ0n) is 13.9. The van der Waals surface area contributed by atoms with Gasteiger partial charge in [-0.3, -0.25) is 15.5 Å². The number of amides is 1. The van der Waals surface area contributed by atoms with Crippen LogP contribution in [0.2, 0.25) is 0 Å². The van der Waals surface area contributed by atoms with E-state index in [-0.39, 0.29) is 22.7 Å². The molecule has 6 unspecified atom stereocenters. The van der Waals surface area contributed by atoms with Crippen LogP contribution in [0.25, 0.3) is 0 Å². The summed E-state index contributed by atoms with van der Waals surface area (Å²) in [6.07, 6.45) is 2.12. The summed E-state index contributed by atoms with van der Waals surface area (Å²) < 4.78 is 13.6. The van der Waals surface area contributed by atoms with Gasteiger partial charge in [-0.1, -0.05) is 15.9 Å². The van der Waals surface area contributed by atoms with Crippen molar-refractivity contribution in [1.82, 2.24) is 21.1 Å². The lowest BCUT2D eigenvalue weighted by atomic mass is 9.86. The fourth-order valence-corrected chi connectivity index (χ4v) is 4.84. The van der Waals surface area contributed by atoms with Crippen LogP contribution in [0, 0.1) is 11.8 Å². The summed E-state index contributed by atoms with van der Waals surface area (Å²) in [7, 11) is 0. The Hall–Kier alpha value is -0.240. The number of nitrogens with zero attached hydrogens (tertiary/aromatic N) is 1. The van der Waals surface area contributed by atoms with Crippen molar-refractivity contribution in [2.24, 2.45) is 11.8 Å². The lowest BCUT2D eigenvalue weighted by Gasteiger charge is -2.38. The van der Waals surface area contributed by atoms with Crippen LogP contribution in [0.3, 0.4) is 0 Å². The van der Waals surface area contributed by atoms with E-state index in [4.69, 9.17) is 0 Å². The summed E-state index contributed by atoms with van der Waals surface area (Å²) in [5.41, 5.74) is 3.45. The van der Waals surface area contributed by atoms with Gasteiger partial charge >= 0.3 is 0 Å². The van der Waals surface area contributed by atoms with Gasteiger partial charge in [-0.2, -0.15) is 0 Å². The molecule has 0 bridgehead atoms. The van der Waals surface area contributed by atoms with E-state index in [1.165, 1.54) is 0 Å². The molecule has 132 valence electrons. The Morgan fingerprint density at radius 3 is 2.83 bits per heavy atom. The standard InChI is InChI=1S/C16H28BrFN4O/c1-9(2)22-15-10(7-20-22)5-12(8-19-15)21-16(23)13-6-11(18)3-4-14(13)17/h9-15,19-20H,3-8H2,1-2H3,(H,21,23). The van der Waals surface area contributed by atoms with E-state index in [0.29, 0.717) is 31.0 Å².